The molecule has 0 atom stereocenters. The van der Waals surface area contributed by atoms with E-state index in [4.69, 9.17) is 0 Å². The Morgan fingerprint density at radius 1 is 0.964 bits per heavy atom. The van der Waals surface area contributed by atoms with E-state index in [1.165, 1.54) is 12.1 Å². The zero-order chi connectivity index (χ0) is 20.1. The number of hydrogen-bond acceptors (Lipinski definition) is 4. The minimum atomic E-state index is -4.42. The van der Waals surface area contributed by atoms with Gasteiger partial charge in [0.2, 0.25) is 5.91 Å². The number of amides is 1. The maximum atomic E-state index is 13.7. The molecule has 3 rings (SSSR count). The van der Waals surface area contributed by atoms with Crippen molar-refractivity contribution in [1.29, 1.82) is 0 Å². The summed E-state index contributed by atoms with van der Waals surface area (Å²) >= 11 is 1.55. The topological polar surface area (TPSA) is 75.3 Å². The first-order valence-corrected chi connectivity index (χ1v) is 10.6. The number of sulfonamides is 1. The molecule has 0 spiro atoms. The summed E-state index contributed by atoms with van der Waals surface area (Å²) in [6, 6.07) is 12.6. The van der Waals surface area contributed by atoms with Gasteiger partial charge >= 0.3 is 0 Å². The van der Waals surface area contributed by atoms with Gasteiger partial charge in [0.1, 0.15) is 11.6 Å². The normalized spacial score (nSPS) is 11.2. The standard InChI is InChI=1S/C19H16F2N2O3S2/c20-16-4-1-5-17(21)19(16)28(25,26)23-14-8-6-13(7-9-14)11-18(24)22-12-15-3-2-10-27-15/h1-10,23H,11-12H2,(H,22,24). The van der Waals surface area contributed by atoms with Crippen molar-refractivity contribution in [2.75, 3.05) is 4.72 Å². The van der Waals surface area contributed by atoms with Gasteiger partial charge < -0.3 is 5.32 Å². The van der Waals surface area contributed by atoms with Crippen LogP contribution in [0.3, 0.4) is 0 Å². The minimum Gasteiger partial charge on any atom is -0.351 e. The van der Waals surface area contributed by atoms with Crippen molar-refractivity contribution in [1.82, 2.24) is 5.32 Å². The van der Waals surface area contributed by atoms with Crippen LogP contribution in [0, 0.1) is 11.6 Å². The van der Waals surface area contributed by atoms with E-state index in [1.807, 2.05) is 17.5 Å². The van der Waals surface area contributed by atoms with Gasteiger partial charge in [0, 0.05) is 10.6 Å². The first-order chi connectivity index (χ1) is 13.3. The fourth-order valence-electron chi connectivity index (χ4n) is 2.48. The predicted molar refractivity (Wildman–Crippen MR) is 103 cm³/mol. The van der Waals surface area contributed by atoms with E-state index in [1.54, 1.807) is 23.5 Å². The van der Waals surface area contributed by atoms with E-state index in [2.05, 4.69) is 10.0 Å². The lowest BCUT2D eigenvalue weighted by Crippen LogP contribution is -2.24. The van der Waals surface area contributed by atoms with Crippen molar-refractivity contribution in [2.45, 2.75) is 17.9 Å². The molecule has 146 valence electrons. The lowest BCUT2D eigenvalue weighted by molar-refractivity contribution is -0.120. The first kappa shape index (κ1) is 20.0. The Hall–Kier alpha value is -2.78. The second kappa shape index (κ2) is 8.49. The van der Waals surface area contributed by atoms with Crippen LogP contribution in [0.1, 0.15) is 10.4 Å². The van der Waals surface area contributed by atoms with Gasteiger partial charge in [0.15, 0.2) is 4.90 Å². The van der Waals surface area contributed by atoms with E-state index in [-0.39, 0.29) is 18.0 Å². The van der Waals surface area contributed by atoms with E-state index < -0.39 is 26.6 Å². The molecule has 0 radical (unpaired) electrons. The molecule has 0 fully saturated rings. The largest absolute Gasteiger partial charge is 0.351 e. The third kappa shape index (κ3) is 4.93. The molecule has 28 heavy (non-hydrogen) atoms. The van der Waals surface area contributed by atoms with Gasteiger partial charge in [-0.3, -0.25) is 9.52 Å². The van der Waals surface area contributed by atoms with Crippen LogP contribution in [-0.4, -0.2) is 14.3 Å². The second-order valence-corrected chi connectivity index (χ2v) is 8.54. The zero-order valence-corrected chi connectivity index (χ0v) is 16.1. The van der Waals surface area contributed by atoms with Gasteiger partial charge in [-0.25, -0.2) is 17.2 Å². The van der Waals surface area contributed by atoms with Crippen LogP contribution in [-0.2, 0) is 27.8 Å². The molecule has 1 amide bonds. The van der Waals surface area contributed by atoms with Crippen LogP contribution in [0.4, 0.5) is 14.5 Å². The second-order valence-electron chi connectivity index (χ2n) is 5.89. The molecule has 0 saturated heterocycles. The van der Waals surface area contributed by atoms with Crippen LogP contribution in [0.25, 0.3) is 0 Å². The SMILES string of the molecule is O=C(Cc1ccc(NS(=O)(=O)c2c(F)cccc2F)cc1)NCc1cccs1. The van der Waals surface area contributed by atoms with Gasteiger partial charge in [0.25, 0.3) is 10.0 Å². The van der Waals surface area contributed by atoms with Crippen molar-refractivity contribution < 1.29 is 22.0 Å². The Morgan fingerprint density at radius 3 is 2.25 bits per heavy atom. The van der Waals surface area contributed by atoms with Crippen molar-refractivity contribution in [3.8, 4) is 0 Å². The maximum Gasteiger partial charge on any atom is 0.267 e. The fourth-order valence-corrected chi connectivity index (χ4v) is 4.33. The maximum absolute atomic E-state index is 13.7. The third-order valence-corrected chi connectivity index (χ3v) is 6.11. The lowest BCUT2D eigenvalue weighted by Gasteiger charge is -2.10. The van der Waals surface area contributed by atoms with E-state index in [9.17, 15) is 22.0 Å². The summed E-state index contributed by atoms with van der Waals surface area (Å²) in [5.74, 6) is -2.52. The third-order valence-electron chi connectivity index (χ3n) is 3.80. The molecule has 9 heteroatoms. The van der Waals surface area contributed by atoms with E-state index in [0.717, 1.165) is 23.1 Å². The molecular weight excluding hydrogens is 406 g/mol. The van der Waals surface area contributed by atoms with Gasteiger partial charge in [-0.05, 0) is 41.3 Å². The zero-order valence-electron chi connectivity index (χ0n) is 14.5. The van der Waals surface area contributed by atoms with Gasteiger partial charge in [-0.2, -0.15) is 0 Å². The van der Waals surface area contributed by atoms with Gasteiger partial charge in [-0.1, -0.05) is 24.3 Å². The number of hydrogen-bond donors (Lipinski definition) is 2. The molecule has 0 unspecified atom stereocenters. The highest BCUT2D eigenvalue weighted by atomic mass is 32.2. The van der Waals surface area contributed by atoms with Crippen molar-refractivity contribution in [2.24, 2.45) is 0 Å². The molecule has 2 aromatic carbocycles. The Labute approximate surface area is 165 Å². The number of carbonyl (C=O) groups is 1. The highest BCUT2D eigenvalue weighted by Crippen LogP contribution is 2.22. The highest BCUT2D eigenvalue weighted by molar-refractivity contribution is 7.92. The summed E-state index contributed by atoms with van der Waals surface area (Å²) in [4.78, 5) is 12.0. The number of rotatable bonds is 7. The quantitative estimate of drug-likeness (QED) is 0.610. The Kier molecular flexibility index (Phi) is 6.05. The van der Waals surface area contributed by atoms with Crippen LogP contribution in [0.2, 0.25) is 0 Å². The summed E-state index contributed by atoms with van der Waals surface area (Å²) in [6.45, 7) is 0.447. The molecule has 0 bridgehead atoms. The number of nitrogens with one attached hydrogen (secondary N) is 2. The van der Waals surface area contributed by atoms with Crippen molar-refractivity contribution in [3.63, 3.8) is 0 Å². The molecule has 1 heterocycles. The summed E-state index contributed by atoms with van der Waals surface area (Å²) in [6.07, 6.45) is 0.125. The molecule has 1 aromatic heterocycles. The molecule has 3 aromatic rings. The highest BCUT2D eigenvalue weighted by Gasteiger charge is 2.23. The molecule has 0 aliphatic carbocycles. The first-order valence-electron chi connectivity index (χ1n) is 8.20. The number of halogens is 2. The molecule has 0 aliphatic heterocycles. The van der Waals surface area contributed by atoms with Crippen LogP contribution < -0.4 is 10.0 Å². The smallest absolute Gasteiger partial charge is 0.267 e. The average Bonchev–Trinajstić information content (AvgIpc) is 3.15. The van der Waals surface area contributed by atoms with Crippen molar-refractivity contribution >= 4 is 33.0 Å². The summed E-state index contributed by atoms with van der Waals surface area (Å²) in [5.41, 5.74) is 0.800. The molecule has 2 N–H and O–H groups in total. The van der Waals surface area contributed by atoms with Gasteiger partial charge in [-0.15, -0.1) is 11.3 Å². The van der Waals surface area contributed by atoms with Crippen LogP contribution in [0.15, 0.2) is 64.9 Å². The van der Waals surface area contributed by atoms with Crippen molar-refractivity contribution in [3.05, 3.63) is 82.1 Å². The average molecular weight is 422 g/mol. The predicted octanol–water partition coefficient (Wildman–Crippen LogP) is 3.69. The molecular formula is C19H16F2N2O3S2. The fraction of sp³-hybridized carbons (Fsp3) is 0.105. The lowest BCUT2D eigenvalue weighted by atomic mass is 10.1. The monoisotopic (exact) mass is 422 g/mol. The number of benzene rings is 2. The summed E-state index contributed by atoms with van der Waals surface area (Å²) < 4.78 is 54.1. The Bertz CT molecular complexity index is 1050. The molecule has 5 nitrogen and oxygen atoms in total. The van der Waals surface area contributed by atoms with Crippen LogP contribution in [0.5, 0.6) is 0 Å². The number of thiophene rings is 1. The minimum absolute atomic E-state index is 0.125. The molecule has 0 saturated carbocycles. The van der Waals surface area contributed by atoms with E-state index >= 15 is 0 Å². The Morgan fingerprint density at radius 2 is 1.64 bits per heavy atom. The molecule has 0 aliphatic rings. The van der Waals surface area contributed by atoms with Gasteiger partial charge in [0.05, 0.1) is 13.0 Å². The summed E-state index contributed by atoms with van der Waals surface area (Å²) in [7, 11) is -4.42. The van der Waals surface area contributed by atoms with E-state index in [0.29, 0.717) is 12.1 Å². The number of carbonyl (C=O) groups excluding carboxylic acids is 1. The Balaban J connectivity index is 1.63. The van der Waals surface area contributed by atoms with Crippen LogP contribution >= 0.6 is 11.3 Å². The number of anilines is 1. The summed E-state index contributed by atoms with van der Waals surface area (Å²) in [5, 5.41) is 4.72.